The summed E-state index contributed by atoms with van der Waals surface area (Å²) in [6.45, 7) is 3.03. The van der Waals surface area contributed by atoms with Crippen molar-refractivity contribution >= 4 is 24.2 Å². The molecule has 1 rings (SSSR count). The molecule has 0 radical (unpaired) electrons. The van der Waals surface area contributed by atoms with Crippen molar-refractivity contribution in [1.29, 1.82) is 0 Å². The standard InChI is InChI=1S/C15H23N3O3.ClH/c1-12(13-6-4-3-5-7-13)18(11-14(16)19)15(20)10-17-8-9-21-2;/h3-7,12,17H,8-11H2,1-2H3,(H2,16,19);1H/t12-;/m1./s1. The zero-order valence-electron chi connectivity index (χ0n) is 13.0. The Morgan fingerprint density at radius 3 is 2.50 bits per heavy atom. The van der Waals surface area contributed by atoms with Crippen LogP contribution in [-0.2, 0) is 14.3 Å². The first-order valence-corrected chi connectivity index (χ1v) is 6.88. The number of nitrogens with zero attached hydrogens (tertiary/aromatic N) is 1. The Morgan fingerprint density at radius 2 is 1.95 bits per heavy atom. The van der Waals surface area contributed by atoms with Crippen molar-refractivity contribution < 1.29 is 14.3 Å². The van der Waals surface area contributed by atoms with E-state index in [0.29, 0.717) is 13.2 Å². The highest BCUT2D eigenvalue weighted by atomic mass is 35.5. The number of nitrogens with one attached hydrogen (secondary N) is 1. The normalized spacial score (nSPS) is 11.4. The molecule has 7 heteroatoms. The molecule has 1 aromatic carbocycles. The first kappa shape index (κ1) is 20.4. The van der Waals surface area contributed by atoms with E-state index in [2.05, 4.69) is 5.32 Å². The lowest BCUT2D eigenvalue weighted by Gasteiger charge is -2.28. The van der Waals surface area contributed by atoms with Crippen LogP contribution in [0.15, 0.2) is 30.3 Å². The fourth-order valence-electron chi connectivity index (χ4n) is 1.99. The van der Waals surface area contributed by atoms with E-state index in [0.717, 1.165) is 5.56 Å². The summed E-state index contributed by atoms with van der Waals surface area (Å²) in [5, 5.41) is 2.98. The van der Waals surface area contributed by atoms with Crippen molar-refractivity contribution in [3.05, 3.63) is 35.9 Å². The summed E-state index contributed by atoms with van der Waals surface area (Å²) in [5.41, 5.74) is 6.21. The van der Waals surface area contributed by atoms with Gasteiger partial charge in [-0.25, -0.2) is 0 Å². The molecule has 0 aliphatic rings. The van der Waals surface area contributed by atoms with Crippen molar-refractivity contribution in [3.8, 4) is 0 Å². The molecule has 0 aromatic heterocycles. The Morgan fingerprint density at radius 1 is 1.32 bits per heavy atom. The van der Waals surface area contributed by atoms with Gasteiger partial charge in [0.05, 0.1) is 25.7 Å². The van der Waals surface area contributed by atoms with Crippen LogP contribution in [0, 0.1) is 0 Å². The average Bonchev–Trinajstić information content (AvgIpc) is 2.49. The maximum absolute atomic E-state index is 12.3. The first-order chi connectivity index (χ1) is 10.1. The second-order valence-corrected chi connectivity index (χ2v) is 4.74. The maximum Gasteiger partial charge on any atom is 0.237 e. The van der Waals surface area contributed by atoms with Crippen molar-refractivity contribution in [3.63, 3.8) is 0 Å². The monoisotopic (exact) mass is 329 g/mol. The van der Waals surface area contributed by atoms with Gasteiger partial charge in [-0.15, -0.1) is 12.4 Å². The first-order valence-electron chi connectivity index (χ1n) is 6.88. The Bertz CT molecular complexity index is 457. The quantitative estimate of drug-likeness (QED) is 0.654. The van der Waals surface area contributed by atoms with Crippen LogP contribution in [0.1, 0.15) is 18.5 Å². The highest BCUT2D eigenvalue weighted by Crippen LogP contribution is 2.19. The fraction of sp³-hybridized carbons (Fsp3) is 0.467. The van der Waals surface area contributed by atoms with Crippen molar-refractivity contribution in [1.82, 2.24) is 10.2 Å². The molecule has 1 aromatic rings. The van der Waals surface area contributed by atoms with Gasteiger partial charge in [0.1, 0.15) is 0 Å². The number of benzene rings is 1. The molecule has 0 spiro atoms. The highest BCUT2D eigenvalue weighted by Gasteiger charge is 2.22. The van der Waals surface area contributed by atoms with Gasteiger partial charge in [0.25, 0.3) is 0 Å². The molecule has 124 valence electrons. The second-order valence-electron chi connectivity index (χ2n) is 4.74. The number of rotatable bonds is 9. The molecule has 0 saturated carbocycles. The van der Waals surface area contributed by atoms with Gasteiger partial charge in [0.2, 0.25) is 11.8 Å². The minimum absolute atomic E-state index is 0. The molecular formula is C15H24ClN3O3. The molecule has 0 aliphatic carbocycles. The Kier molecular flexibility index (Phi) is 10.2. The van der Waals surface area contributed by atoms with E-state index in [1.165, 1.54) is 4.90 Å². The number of nitrogens with two attached hydrogens (primary N) is 1. The van der Waals surface area contributed by atoms with Gasteiger partial charge < -0.3 is 20.7 Å². The number of carbonyl (C=O) groups is 2. The molecule has 0 saturated heterocycles. The van der Waals surface area contributed by atoms with Crippen LogP contribution >= 0.6 is 12.4 Å². The Labute approximate surface area is 137 Å². The lowest BCUT2D eigenvalue weighted by Crippen LogP contribution is -2.44. The predicted molar refractivity (Wildman–Crippen MR) is 87.8 cm³/mol. The molecule has 0 fully saturated rings. The summed E-state index contributed by atoms with van der Waals surface area (Å²) in [7, 11) is 1.60. The van der Waals surface area contributed by atoms with Crippen LogP contribution in [0.2, 0.25) is 0 Å². The summed E-state index contributed by atoms with van der Waals surface area (Å²) >= 11 is 0. The maximum atomic E-state index is 12.3. The Hall–Kier alpha value is -1.63. The SMILES string of the molecule is COCCNCC(=O)N(CC(N)=O)[C@H](C)c1ccccc1.Cl. The number of halogens is 1. The van der Waals surface area contributed by atoms with Crippen LogP contribution in [-0.4, -0.2) is 50.1 Å². The second kappa shape index (κ2) is 11.0. The largest absolute Gasteiger partial charge is 0.383 e. The van der Waals surface area contributed by atoms with E-state index in [1.54, 1.807) is 7.11 Å². The van der Waals surface area contributed by atoms with Crippen molar-refractivity contribution in [2.75, 3.05) is 33.4 Å². The van der Waals surface area contributed by atoms with E-state index >= 15 is 0 Å². The van der Waals surface area contributed by atoms with Crippen LogP contribution < -0.4 is 11.1 Å². The zero-order chi connectivity index (χ0) is 15.7. The van der Waals surface area contributed by atoms with E-state index in [1.807, 2.05) is 37.3 Å². The minimum atomic E-state index is -0.525. The molecule has 1 atom stereocenters. The van der Waals surface area contributed by atoms with Crippen molar-refractivity contribution in [2.24, 2.45) is 5.73 Å². The molecule has 0 unspecified atom stereocenters. The average molecular weight is 330 g/mol. The van der Waals surface area contributed by atoms with E-state index in [4.69, 9.17) is 10.5 Å². The van der Waals surface area contributed by atoms with Crippen LogP contribution in [0.25, 0.3) is 0 Å². The van der Waals surface area contributed by atoms with Gasteiger partial charge in [0.15, 0.2) is 0 Å². The van der Waals surface area contributed by atoms with Gasteiger partial charge in [-0.05, 0) is 12.5 Å². The molecule has 0 aliphatic heterocycles. The zero-order valence-corrected chi connectivity index (χ0v) is 13.8. The number of amides is 2. The Balaban J connectivity index is 0.00000441. The summed E-state index contributed by atoms with van der Waals surface area (Å²) in [6.07, 6.45) is 0. The van der Waals surface area contributed by atoms with E-state index < -0.39 is 5.91 Å². The van der Waals surface area contributed by atoms with E-state index in [9.17, 15) is 9.59 Å². The van der Waals surface area contributed by atoms with Gasteiger partial charge >= 0.3 is 0 Å². The molecular weight excluding hydrogens is 306 g/mol. The molecule has 0 heterocycles. The smallest absolute Gasteiger partial charge is 0.237 e. The van der Waals surface area contributed by atoms with E-state index in [-0.39, 0.29) is 37.4 Å². The van der Waals surface area contributed by atoms with Crippen LogP contribution in [0.3, 0.4) is 0 Å². The highest BCUT2D eigenvalue weighted by molar-refractivity contribution is 5.85. The van der Waals surface area contributed by atoms with Gasteiger partial charge in [0, 0.05) is 13.7 Å². The third-order valence-corrected chi connectivity index (χ3v) is 3.16. The number of carbonyl (C=O) groups excluding carboxylic acids is 2. The number of hydrogen-bond acceptors (Lipinski definition) is 4. The van der Waals surface area contributed by atoms with Gasteiger partial charge in [-0.1, -0.05) is 30.3 Å². The minimum Gasteiger partial charge on any atom is -0.383 e. The predicted octanol–water partition coefficient (Wildman–Crippen LogP) is 0.719. The summed E-state index contributed by atoms with van der Waals surface area (Å²) in [4.78, 5) is 25.0. The number of methoxy groups -OCH3 is 1. The number of primary amides is 1. The summed E-state index contributed by atoms with van der Waals surface area (Å²) < 4.78 is 4.90. The topological polar surface area (TPSA) is 84.7 Å². The summed E-state index contributed by atoms with van der Waals surface area (Å²) in [6, 6.07) is 9.33. The fourth-order valence-corrected chi connectivity index (χ4v) is 1.99. The van der Waals surface area contributed by atoms with Gasteiger partial charge in [-0.2, -0.15) is 0 Å². The molecule has 0 bridgehead atoms. The molecule has 22 heavy (non-hydrogen) atoms. The molecule has 3 N–H and O–H groups in total. The lowest BCUT2D eigenvalue weighted by molar-refractivity contribution is -0.136. The van der Waals surface area contributed by atoms with Gasteiger partial charge in [-0.3, -0.25) is 9.59 Å². The van der Waals surface area contributed by atoms with Crippen molar-refractivity contribution in [2.45, 2.75) is 13.0 Å². The third kappa shape index (κ3) is 6.89. The lowest BCUT2D eigenvalue weighted by atomic mass is 10.1. The number of hydrogen-bond donors (Lipinski definition) is 2. The third-order valence-electron chi connectivity index (χ3n) is 3.16. The number of ether oxygens (including phenoxy) is 1. The molecule has 6 nitrogen and oxygen atoms in total. The molecule has 2 amide bonds. The van der Waals surface area contributed by atoms with Crippen LogP contribution in [0.5, 0.6) is 0 Å². The summed E-state index contributed by atoms with van der Waals surface area (Å²) in [5.74, 6) is -0.690. The van der Waals surface area contributed by atoms with Crippen LogP contribution in [0.4, 0.5) is 0 Å².